The van der Waals surface area contributed by atoms with E-state index in [9.17, 15) is 4.79 Å². The van der Waals surface area contributed by atoms with Crippen LogP contribution in [0.5, 0.6) is 5.75 Å². The molecule has 1 atom stereocenters. The van der Waals surface area contributed by atoms with Crippen molar-refractivity contribution in [3.05, 3.63) is 64.1 Å². The fourth-order valence-electron chi connectivity index (χ4n) is 1.89. The molecule has 0 heterocycles. The first-order valence-corrected chi connectivity index (χ1v) is 7.08. The van der Waals surface area contributed by atoms with Crippen LogP contribution in [0, 0.1) is 0 Å². The summed E-state index contributed by atoms with van der Waals surface area (Å²) < 4.78 is 10.5. The Bertz CT molecular complexity index is 594. The molecule has 0 radical (unpaired) electrons. The standard InChI is InChI=1S/C16H14Cl2O3/c1-20-16(19)15(7-11-5-3-2-4-6-11)21-14-9-12(17)8-13(18)10-14/h2-6,8-10,15H,7H2,1H3/t15-/m1/s1. The smallest absolute Gasteiger partial charge is 0.347 e. The molecule has 2 rings (SSSR count). The van der Waals surface area contributed by atoms with E-state index in [0.717, 1.165) is 5.56 Å². The van der Waals surface area contributed by atoms with Gasteiger partial charge in [0, 0.05) is 16.5 Å². The number of esters is 1. The molecule has 0 aliphatic heterocycles. The van der Waals surface area contributed by atoms with E-state index in [-0.39, 0.29) is 0 Å². The summed E-state index contributed by atoms with van der Waals surface area (Å²) in [7, 11) is 1.33. The molecular formula is C16H14Cl2O3. The topological polar surface area (TPSA) is 35.5 Å². The second kappa shape index (κ2) is 7.34. The van der Waals surface area contributed by atoms with Crippen molar-refractivity contribution in [2.75, 3.05) is 7.11 Å². The zero-order valence-electron chi connectivity index (χ0n) is 11.4. The molecular weight excluding hydrogens is 311 g/mol. The van der Waals surface area contributed by atoms with Crippen LogP contribution in [0.2, 0.25) is 10.0 Å². The molecule has 0 unspecified atom stereocenters. The van der Waals surface area contributed by atoms with Crippen molar-refractivity contribution < 1.29 is 14.3 Å². The van der Waals surface area contributed by atoms with Crippen molar-refractivity contribution in [1.29, 1.82) is 0 Å². The summed E-state index contributed by atoms with van der Waals surface area (Å²) in [6.07, 6.45) is -0.357. The lowest BCUT2D eigenvalue weighted by Gasteiger charge is -2.17. The molecule has 0 fully saturated rings. The Morgan fingerprint density at radius 2 is 1.71 bits per heavy atom. The number of hydrogen-bond acceptors (Lipinski definition) is 3. The molecule has 0 aliphatic carbocycles. The fourth-order valence-corrected chi connectivity index (χ4v) is 2.40. The highest BCUT2D eigenvalue weighted by atomic mass is 35.5. The maximum Gasteiger partial charge on any atom is 0.347 e. The molecule has 0 saturated carbocycles. The molecule has 0 bridgehead atoms. The van der Waals surface area contributed by atoms with Crippen LogP contribution in [-0.2, 0) is 16.0 Å². The van der Waals surface area contributed by atoms with Crippen LogP contribution in [0.4, 0.5) is 0 Å². The summed E-state index contributed by atoms with van der Waals surface area (Å²) >= 11 is 11.9. The number of halogens is 2. The van der Waals surface area contributed by atoms with Gasteiger partial charge >= 0.3 is 5.97 Å². The van der Waals surface area contributed by atoms with Gasteiger partial charge in [0.1, 0.15) is 5.75 Å². The average Bonchev–Trinajstić information content (AvgIpc) is 2.46. The quantitative estimate of drug-likeness (QED) is 0.775. The summed E-state index contributed by atoms with van der Waals surface area (Å²) in [4.78, 5) is 11.9. The SMILES string of the molecule is COC(=O)[C@@H](Cc1ccccc1)Oc1cc(Cl)cc(Cl)c1. The van der Waals surface area contributed by atoms with Gasteiger partial charge in [0.25, 0.3) is 0 Å². The molecule has 0 aliphatic rings. The Labute approximate surface area is 133 Å². The molecule has 0 aromatic heterocycles. The van der Waals surface area contributed by atoms with Crippen LogP contribution >= 0.6 is 23.2 Å². The summed E-state index contributed by atoms with van der Waals surface area (Å²) in [5.74, 6) is -0.0196. The maximum atomic E-state index is 11.9. The van der Waals surface area contributed by atoms with Gasteiger partial charge < -0.3 is 9.47 Å². The van der Waals surface area contributed by atoms with Gasteiger partial charge in [-0.25, -0.2) is 4.79 Å². The Balaban J connectivity index is 2.18. The van der Waals surface area contributed by atoms with Crippen molar-refractivity contribution in [3.63, 3.8) is 0 Å². The lowest BCUT2D eigenvalue weighted by molar-refractivity contribution is -0.148. The van der Waals surface area contributed by atoms with Crippen molar-refractivity contribution in [3.8, 4) is 5.75 Å². The molecule has 0 amide bonds. The van der Waals surface area contributed by atoms with Crippen LogP contribution < -0.4 is 4.74 Å². The minimum atomic E-state index is -0.757. The molecule has 2 aromatic carbocycles. The van der Waals surface area contributed by atoms with E-state index < -0.39 is 12.1 Å². The van der Waals surface area contributed by atoms with Gasteiger partial charge in [-0.3, -0.25) is 0 Å². The van der Waals surface area contributed by atoms with Gasteiger partial charge in [0.15, 0.2) is 6.10 Å². The molecule has 3 nitrogen and oxygen atoms in total. The predicted molar refractivity (Wildman–Crippen MR) is 83.0 cm³/mol. The lowest BCUT2D eigenvalue weighted by atomic mass is 10.1. The van der Waals surface area contributed by atoms with E-state index in [1.54, 1.807) is 18.2 Å². The monoisotopic (exact) mass is 324 g/mol. The number of carbonyl (C=O) groups excluding carboxylic acids is 1. The third-order valence-electron chi connectivity index (χ3n) is 2.84. The Morgan fingerprint density at radius 1 is 1.10 bits per heavy atom. The summed E-state index contributed by atoms with van der Waals surface area (Å²) in [5, 5.41) is 0.890. The zero-order chi connectivity index (χ0) is 15.2. The van der Waals surface area contributed by atoms with Crippen molar-refractivity contribution in [2.24, 2.45) is 0 Å². The van der Waals surface area contributed by atoms with E-state index in [1.165, 1.54) is 7.11 Å². The van der Waals surface area contributed by atoms with Crippen LogP contribution in [-0.4, -0.2) is 19.2 Å². The second-order valence-electron chi connectivity index (χ2n) is 4.42. The van der Waals surface area contributed by atoms with Crippen molar-refractivity contribution >= 4 is 29.2 Å². The number of hydrogen-bond donors (Lipinski definition) is 0. The first-order chi connectivity index (χ1) is 10.1. The van der Waals surface area contributed by atoms with Gasteiger partial charge in [0.2, 0.25) is 0 Å². The number of carbonyl (C=O) groups is 1. The van der Waals surface area contributed by atoms with Gasteiger partial charge in [-0.15, -0.1) is 0 Å². The Hall–Kier alpha value is -1.71. The third kappa shape index (κ3) is 4.66. The molecule has 0 saturated heterocycles. The maximum absolute atomic E-state index is 11.9. The predicted octanol–water partition coefficient (Wildman–Crippen LogP) is 4.16. The summed E-state index contributed by atoms with van der Waals surface area (Å²) in [5.41, 5.74) is 0.973. The molecule has 0 N–H and O–H groups in total. The van der Waals surface area contributed by atoms with Crippen molar-refractivity contribution in [1.82, 2.24) is 0 Å². The lowest BCUT2D eigenvalue weighted by Crippen LogP contribution is -2.30. The minimum absolute atomic E-state index is 0.400. The first-order valence-electron chi connectivity index (χ1n) is 6.33. The highest BCUT2D eigenvalue weighted by molar-refractivity contribution is 6.34. The Kier molecular flexibility index (Phi) is 5.48. The third-order valence-corrected chi connectivity index (χ3v) is 3.28. The highest BCUT2D eigenvalue weighted by Gasteiger charge is 2.22. The van der Waals surface area contributed by atoms with E-state index in [2.05, 4.69) is 0 Å². The number of methoxy groups -OCH3 is 1. The number of ether oxygens (including phenoxy) is 2. The van der Waals surface area contributed by atoms with Crippen LogP contribution in [0.25, 0.3) is 0 Å². The first kappa shape index (κ1) is 15.7. The highest BCUT2D eigenvalue weighted by Crippen LogP contribution is 2.25. The summed E-state index contributed by atoms with van der Waals surface area (Å²) in [6.45, 7) is 0. The van der Waals surface area contributed by atoms with Crippen LogP contribution in [0.15, 0.2) is 48.5 Å². The van der Waals surface area contributed by atoms with Gasteiger partial charge in [-0.1, -0.05) is 53.5 Å². The van der Waals surface area contributed by atoms with E-state index in [4.69, 9.17) is 32.7 Å². The number of benzene rings is 2. The van der Waals surface area contributed by atoms with Gasteiger partial charge in [0.05, 0.1) is 7.11 Å². The van der Waals surface area contributed by atoms with Crippen LogP contribution in [0.1, 0.15) is 5.56 Å². The van der Waals surface area contributed by atoms with E-state index in [1.807, 2.05) is 30.3 Å². The largest absolute Gasteiger partial charge is 0.478 e. The van der Waals surface area contributed by atoms with E-state index in [0.29, 0.717) is 22.2 Å². The molecule has 2 aromatic rings. The summed E-state index contributed by atoms with van der Waals surface area (Å²) in [6, 6.07) is 14.4. The fraction of sp³-hybridized carbons (Fsp3) is 0.188. The van der Waals surface area contributed by atoms with E-state index >= 15 is 0 Å². The normalized spacial score (nSPS) is 11.8. The molecule has 110 valence electrons. The number of rotatable bonds is 5. The zero-order valence-corrected chi connectivity index (χ0v) is 12.9. The molecule has 21 heavy (non-hydrogen) atoms. The average molecular weight is 325 g/mol. The van der Waals surface area contributed by atoms with Crippen molar-refractivity contribution in [2.45, 2.75) is 12.5 Å². The van der Waals surface area contributed by atoms with Gasteiger partial charge in [-0.2, -0.15) is 0 Å². The minimum Gasteiger partial charge on any atom is -0.478 e. The van der Waals surface area contributed by atoms with Crippen LogP contribution in [0.3, 0.4) is 0 Å². The molecule has 0 spiro atoms. The second-order valence-corrected chi connectivity index (χ2v) is 5.30. The molecule has 5 heteroatoms. The Morgan fingerprint density at radius 3 is 2.29 bits per heavy atom. The van der Waals surface area contributed by atoms with Gasteiger partial charge in [-0.05, 0) is 23.8 Å².